The second kappa shape index (κ2) is 11.0. The standard InChI is InChI=1S/C21H26N4O2.HI/c1-2-22-21(23-12-15-7-3-4-8-16(15)14-26)24-13-17-11-20(27)25-19-10-6-5-9-18(17)19;/h3-10,17,26H,2,11-14H2,1H3,(H,25,27)(H2,22,23,24);1H. The molecule has 1 heterocycles. The Balaban J connectivity index is 0.00000280. The average molecular weight is 494 g/mol. The first-order valence-electron chi connectivity index (χ1n) is 9.29. The van der Waals surface area contributed by atoms with E-state index in [0.29, 0.717) is 25.5 Å². The number of fused-ring (bicyclic) bond motifs is 1. The molecule has 0 radical (unpaired) electrons. The van der Waals surface area contributed by atoms with E-state index in [1.54, 1.807) is 0 Å². The minimum Gasteiger partial charge on any atom is -0.392 e. The monoisotopic (exact) mass is 494 g/mol. The molecule has 0 saturated heterocycles. The summed E-state index contributed by atoms with van der Waals surface area (Å²) in [6, 6.07) is 15.7. The zero-order chi connectivity index (χ0) is 19.1. The highest BCUT2D eigenvalue weighted by Gasteiger charge is 2.24. The molecule has 6 nitrogen and oxygen atoms in total. The molecule has 28 heavy (non-hydrogen) atoms. The number of para-hydroxylation sites is 1. The van der Waals surface area contributed by atoms with E-state index in [9.17, 15) is 9.90 Å². The molecule has 1 unspecified atom stereocenters. The molecule has 0 saturated carbocycles. The van der Waals surface area contributed by atoms with Gasteiger partial charge in [-0.25, -0.2) is 4.99 Å². The topological polar surface area (TPSA) is 85.8 Å². The molecule has 1 amide bonds. The number of nitrogens with zero attached hydrogens (tertiary/aromatic N) is 1. The maximum Gasteiger partial charge on any atom is 0.225 e. The SMILES string of the molecule is CCNC(=NCc1ccccc1CO)NCC1CC(=O)Nc2ccccc21.I. The smallest absolute Gasteiger partial charge is 0.225 e. The third-order valence-corrected chi connectivity index (χ3v) is 4.66. The molecule has 2 aromatic carbocycles. The third-order valence-electron chi connectivity index (χ3n) is 4.66. The average Bonchev–Trinajstić information content (AvgIpc) is 2.70. The van der Waals surface area contributed by atoms with Crippen molar-refractivity contribution in [1.29, 1.82) is 0 Å². The number of hydrogen-bond donors (Lipinski definition) is 4. The Kier molecular flexibility index (Phi) is 8.72. The van der Waals surface area contributed by atoms with Gasteiger partial charge < -0.3 is 21.1 Å². The van der Waals surface area contributed by atoms with Crippen LogP contribution in [0.1, 0.15) is 36.0 Å². The van der Waals surface area contributed by atoms with E-state index >= 15 is 0 Å². The van der Waals surface area contributed by atoms with Crippen LogP contribution in [0.25, 0.3) is 0 Å². The van der Waals surface area contributed by atoms with Crippen molar-refractivity contribution in [3.05, 3.63) is 65.2 Å². The molecule has 0 aromatic heterocycles. The van der Waals surface area contributed by atoms with Gasteiger partial charge in [-0.05, 0) is 29.7 Å². The first-order valence-corrected chi connectivity index (χ1v) is 9.29. The molecule has 1 aliphatic heterocycles. The zero-order valence-corrected chi connectivity index (χ0v) is 18.3. The van der Waals surface area contributed by atoms with Gasteiger partial charge in [-0.3, -0.25) is 4.79 Å². The van der Waals surface area contributed by atoms with Crippen LogP contribution in [0.5, 0.6) is 0 Å². The number of amides is 1. The van der Waals surface area contributed by atoms with Crippen molar-refractivity contribution < 1.29 is 9.90 Å². The van der Waals surface area contributed by atoms with Crippen molar-refractivity contribution in [3.8, 4) is 0 Å². The van der Waals surface area contributed by atoms with Crippen molar-refractivity contribution in [1.82, 2.24) is 10.6 Å². The number of guanidine groups is 1. The van der Waals surface area contributed by atoms with Gasteiger partial charge in [0.05, 0.1) is 13.2 Å². The molecule has 0 fully saturated rings. The zero-order valence-electron chi connectivity index (χ0n) is 15.9. The Bertz CT molecular complexity index is 826. The van der Waals surface area contributed by atoms with Crippen LogP contribution in [-0.4, -0.2) is 30.1 Å². The highest BCUT2D eigenvalue weighted by atomic mass is 127. The van der Waals surface area contributed by atoms with Crippen LogP contribution in [0, 0.1) is 0 Å². The number of benzene rings is 2. The van der Waals surface area contributed by atoms with Crippen molar-refractivity contribution in [2.75, 3.05) is 18.4 Å². The number of carbonyl (C=O) groups is 1. The molecular formula is C21H27IN4O2. The molecule has 0 aliphatic carbocycles. The summed E-state index contributed by atoms with van der Waals surface area (Å²) in [7, 11) is 0. The summed E-state index contributed by atoms with van der Waals surface area (Å²) >= 11 is 0. The Hall–Kier alpha value is -2.13. The van der Waals surface area contributed by atoms with Crippen molar-refractivity contribution in [2.45, 2.75) is 32.4 Å². The summed E-state index contributed by atoms with van der Waals surface area (Å²) in [5.41, 5.74) is 3.92. The number of carbonyl (C=O) groups excluding carboxylic acids is 1. The summed E-state index contributed by atoms with van der Waals surface area (Å²) in [6.07, 6.45) is 0.455. The lowest BCUT2D eigenvalue weighted by Gasteiger charge is -2.26. The fourth-order valence-corrected chi connectivity index (χ4v) is 3.28. The van der Waals surface area contributed by atoms with Crippen LogP contribution in [-0.2, 0) is 17.9 Å². The number of aliphatic hydroxyl groups is 1. The number of halogens is 1. The van der Waals surface area contributed by atoms with Crippen LogP contribution < -0.4 is 16.0 Å². The van der Waals surface area contributed by atoms with E-state index < -0.39 is 0 Å². The van der Waals surface area contributed by atoms with E-state index in [2.05, 4.69) is 27.0 Å². The predicted octanol–water partition coefficient (Wildman–Crippen LogP) is 2.98. The quantitative estimate of drug-likeness (QED) is 0.283. The normalized spacial score (nSPS) is 15.9. The third kappa shape index (κ3) is 5.68. The van der Waals surface area contributed by atoms with Gasteiger partial charge in [0.1, 0.15) is 0 Å². The molecule has 0 spiro atoms. The van der Waals surface area contributed by atoms with Gasteiger partial charge in [-0.2, -0.15) is 0 Å². The summed E-state index contributed by atoms with van der Waals surface area (Å²) in [4.78, 5) is 16.6. The minimum atomic E-state index is 0. The number of anilines is 1. The fraction of sp³-hybridized carbons (Fsp3) is 0.333. The molecule has 150 valence electrons. The molecule has 3 rings (SSSR count). The lowest BCUT2D eigenvalue weighted by atomic mass is 9.90. The van der Waals surface area contributed by atoms with Crippen LogP contribution in [0.15, 0.2) is 53.5 Å². The van der Waals surface area contributed by atoms with E-state index in [4.69, 9.17) is 0 Å². The fourth-order valence-electron chi connectivity index (χ4n) is 3.28. The first kappa shape index (κ1) is 22.2. The summed E-state index contributed by atoms with van der Waals surface area (Å²) in [5.74, 6) is 0.844. The van der Waals surface area contributed by atoms with Crippen LogP contribution >= 0.6 is 24.0 Å². The maximum absolute atomic E-state index is 12.0. The maximum atomic E-state index is 12.0. The highest BCUT2D eigenvalue weighted by molar-refractivity contribution is 14.0. The van der Waals surface area contributed by atoms with E-state index in [0.717, 1.165) is 28.9 Å². The van der Waals surface area contributed by atoms with Crippen LogP contribution in [0.3, 0.4) is 0 Å². The molecule has 4 N–H and O–H groups in total. The van der Waals surface area contributed by atoms with Crippen molar-refractivity contribution in [2.24, 2.45) is 4.99 Å². The Morgan fingerprint density at radius 3 is 2.61 bits per heavy atom. The van der Waals surface area contributed by atoms with Gasteiger partial charge >= 0.3 is 0 Å². The molecule has 1 aliphatic rings. The second-order valence-electron chi connectivity index (χ2n) is 6.54. The lowest BCUT2D eigenvalue weighted by molar-refractivity contribution is -0.116. The first-order chi connectivity index (χ1) is 13.2. The number of rotatable bonds is 6. The number of nitrogens with one attached hydrogen (secondary N) is 3. The van der Waals surface area contributed by atoms with Crippen LogP contribution in [0.2, 0.25) is 0 Å². The van der Waals surface area contributed by atoms with E-state index in [1.165, 1.54) is 0 Å². The van der Waals surface area contributed by atoms with Gasteiger partial charge in [0.25, 0.3) is 0 Å². The minimum absolute atomic E-state index is 0. The predicted molar refractivity (Wildman–Crippen MR) is 123 cm³/mol. The van der Waals surface area contributed by atoms with Crippen molar-refractivity contribution >= 4 is 41.5 Å². The summed E-state index contributed by atoms with van der Waals surface area (Å²) < 4.78 is 0. The summed E-state index contributed by atoms with van der Waals surface area (Å²) in [6.45, 7) is 3.87. The largest absolute Gasteiger partial charge is 0.392 e. The van der Waals surface area contributed by atoms with Gasteiger partial charge in [0, 0.05) is 31.1 Å². The van der Waals surface area contributed by atoms with Crippen LogP contribution in [0.4, 0.5) is 5.69 Å². The van der Waals surface area contributed by atoms with E-state index in [1.807, 2.05) is 49.4 Å². The molecule has 0 bridgehead atoms. The van der Waals surface area contributed by atoms with Crippen molar-refractivity contribution in [3.63, 3.8) is 0 Å². The molecular weight excluding hydrogens is 467 g/mol. The number of hydrogen-bond acceptors (Lipinski definition) is 3. The highest BCUT2D eigenvalue weighted by Crippen LogP contribution is 2.31. The molecule has 1 atom stereocenters. The summed E-state index contributed by atoms with van der Waals surface area (Å²) in [5, 5.41) is 19.0. The molecule has 7 heteroatoms. The Morgan fingerprint density at radius 1 is 1.14 bits per heavy atom. The second-order valence-corrected chi connectivity index (χ2v) is 6.54. The molecule has 2 aromatic rings. The van der Waals surface area contributed by atoms with Gasteiger partial charge in [0.2, 0.25) is 5.91 Å². The van der Waals surface area contributed by atoms with E-state index in [-0.39, 0.29) is 42.4 Å². The number of aliphatic imine (C=N–C) groups is 1. The van der Waals surface area contributed by atoms with Gasteiger partial charge in [-0.1, -0.05) is 42.5 Å². The lowest BCUT2D eigenvalue weighted by Crippen LogP contribution is -2.40. The van der Waals surface area contributed by atoms with Gasteiger partial charge in [0.15, 0.2) is 5.96 Å². The Labute approximate surface area is 182 Å². The van der Waals surface area contributed by atoms with Gasteiger partial charge in [-0.15, -0.1) is 24.0 Å². The number of aliphatic hydroxyl groups excluding tert-OH is 1. The Morgan fingerprint density at radius 2 is 1.86 bits per heavy atom.